The number of amides is 3. The number of nitrogens with zero attached hydrogens (tertiary/aromatic N) is 2. The Bertz CT molecular complexity index is 723. The third kappa shape index (κ3) is 5.65. The van der Waals surface area contributed by atoms with Gasteiger partial charge in [-0.05, 0) is 24.1 Å². The summed E-state index contributed by atoms with van der Waals surface area (Å²) in [5, 5.41) is 2.44. The Morgan fingerprint density at radius 2 is 2.04 bits per heavy atom. The molecule has 0 aliphatic heterocycles. The fourth-order valence-corrected chi connectivity index (χ4v) is 2.36. The number of rotatable bonds is 7. The third-order valence-electron chi connectivity index (χ3n) is 3.27. The van der Waals surface area contributed by atoms with E-state index in [0.717, 1.165) is 11.3 Å². The molecular formula is C15H21N3O5S. The normalized spacial score (nSPS) is 9.96. The molecule has 3 amide bonds. The molecule has 8 nitrogen and oxygen atoms in total. The van der Waals surface area contributed by atoms with Crippen molar-refractivity contribution in [1.82, 2.24) is 10.2 Å². The first-order valence-corrected chi connectivity index (χ1v) is 8.46. The number of benzene rings is 1. The van der Waals surface area contributed by atoms with Gasteiger partial charge in [-0.1, -0.05) is 19.4 Å². The molecule has 1 aromatic rings. The molecule has 0 saturated carbocycles. The molecule has 0 unspecified atom stereocenters. The monoisotopic (exact) mass is 355 g/mol. The van der Waals surface area contributed by atoms with E-state index in [2.05, 4.69) is 9.68 Å². The Hall–Kier alpha value is -2.42. The number of unbranched alkanes of at least 4 members (excludes halogenated alkanes) is 1. The summed E-state index contributed by atoms with van der Waals surface area (Å²) in [5.74, 6) is -0.0910. The second-order valence-corrected chi connectivity index (χ2v) is 5.56. The molecule has 1 aromatic carbocycles. The van der Waals surface area contributed by atoms with Crippen LogP contribution in [0.1, 0.15) is 25.3 Å². The number of imide groups is 1. The van der Waals surface area contributed by atoms with Gasteiger partial charge in [-0.15, -0.1) is 4.36 Å². The Labute approximate surface area is 142 Å². The lowest BCUT2D eigenvalue weighted by Gasteiger charge is -2.20. The van der Waals surface area contributed by atoms with E-state index < -0.39 is 16.5 Å². The molecule has 0 aromatic heterocycles. The number of carbonyl (C=O) groups excluding carboxylic acids is 2. The Morgan fingerprint density at radius 3 is 2.58 bits per heavy atom. The lowest BCUT2D eigenvalue weighted by molar-refractivity contribution is -0.127. The Balaban J connectivity index is 3.03. The van der Waals surface area contributed by atoms with Gasteiger partial charge in [0.15, 0.2) is 0 Å². The van der Waals surface area contributed by atoms with Crippen molar-refractivity contribution in [3.63, 3.8) is 0 Å². The van der Waals surface area contributed by atoms with Crippen molar-refractivity contribution >= 4 is 28.1 Å². The van der Waals surface area contributed by atoms with Crippen LogP contribution in [0.2, 0.25) is 0 Å². The van der Waals surface area contributed by atoms with Crippen LogP contribution < -0.4 is 10.1 Å². The summed E-state index contributed by atoms with van der Waals surface area (Å²) in [6.07, 6.45) is 1.51. The van der Waals surface area contributed by atoms with Crippen LogP contribution in [0, 0.1) is 0 Å². The maximum Gasteiger partial charge on any atom is 0.323 e. The average molecular weight is 355 g/mol. The molecule has 24 heavy (non-hydrogen) atoms. The molecule has 0 bridgehead atoms. The topological polar surface area (TPSA) is 105 Å². The molecule has 0 heterocycles. The van der Waals surface area contributed by atoms with Gasteiger partial charge in [-0.25, -0.2) is 4.79 Å². The van der Waals surface area contributed by atoms with E-state index in [0.29, 0.717) is 18.5 Å². The average Bonchev–Trinajstić information content (AvgIpc) is 2.54. The van der Waals surface area contributed by atoms with Crippen molar-refractivity contribution in [2.45, 2.75) is 26.2 Å². The predicted octanol–water partition coefficient (Wildman–Crippen LogP) is 1.90. The van der Waals surface area contributed by atoms with Gasteiger partial charge < -0.3 is 10.1 Å². The van der Waals surface area contributed by atoms with Crippen molar-refractivity contribution in [1.29, 1.82) is 0 Å². The van der Waals surface area contributed by atoms with Crippen LogP contribution in [0.3, 0.4) is 0 Å². The van der Waals surface area contributed by atoms with Crippen molar-refractivity contribution in [3.8, 4) is 5.75 Å². The first kappa shape index (κ1) is 19.6. The number of nitrogens with one attached hydrogen (secondary N) is 1. The molecule has 0 radical (unpaired) electrons. The number of hydrogen-bond acceptors (Lipinski definition) is 6. The smallest absolute Gasteiger partial charge is 0.323 e. The summed E-state index contributed by atoms with van der Waals surface area (Å²) in [5.41, 5.74) is 0.645. The molecule has 0 saturated heterocycles. The van der Waals surface area contributed by atoms with Gasteiger partial charge in [-0.3, -0.25) is 9.69 Å². The van der Waals surface area contributed by atoms with Crippen LogP contribution in [-0.4, -0.2) is 46.0 Å². The van der Waals surface area contributed by atoms with Crippen molar-refractivity contribution in [2.75, 3.05) is 20.7 Å². The van der Waals surface area contributed by atoms with Gasteiger partial charge in [-0.2, -0.15) is 8.42 Å². The Morgan fingerprint density at radius 1 is 1.33 bits per heavy atom. The highest BCUT2D eigenvalue weighted by Gasteiger charge is 2.20. The highest BCUT2D eigenvalue weighted by Crippen LogP contribution is 2.28. The molecule has 1 rings (SSSR count). The second kappa shape index (κ2) is 9.66. The van der Waals surface area contributed by atoms with Crippen molar-refractivity contribution in [3.05, 3.63) is 23.8 Å². The van der Waals surface area contributed by atoms with E-state index in [1.165, 1.54) is 26.3 Å². The first-order chi connectivity index (χ1) is 11.4. The van der Waals surface area contributed by atoms with Crippen LogP contribution in [-0.2, 0) is 21.7 Å². The molecule has 0 spiro atoms. The SMILES string of the molecule is CCCCN(C(=O)Cc1ccc(OC)c(N=S(=O)=O)c1)C(=O)NC. The minimum Gasteiger partial charge on any atom is -0.494 e. The van der Waals surface area contributed by atoms with Crippen LogP contribution in [0.4, 0.5) is 10.5 Å². The fraction of sp³-hybridized carbons (Fsp3) is 0.467. The lowest BCUT2D eigenvalue weighted by Crippen LogP contribution is -2.43. The third-order valence-corrected chi connectivity index (χ3v) is 3.61. The quantitative estimate of drug-likeness (QED) is 0.804. The van der Waals surface area contributed by atoms with Gasteiger partial charge in [0.2, 0.25) is 5.91 Å². The van der Waals surface area contributed by atoms with E-state index in [-0.39, 0.29) is 23.8 Å². The van der Waals surface area contributed by atoms with Gasteiger partial charge in [0, 0.05) is 13.6 Å². The highest BCUT2D eigenvalue weighted by atomic mass is 32.2. The summed E-state index contributed by atoms with van der Waals surface area (Å²) >= 11 is 0. The molecule has 0 fully saturated rings. The van der Waals surface area contributed by atoms with E-state index >= 15 is 0 Å². The van der Waals surface area contributed by atoms with E-state index in [9.17, 15) is 18.0 Å². The van der Waals surface area contributed by atoms with Gasteiger partial charge in [0.1, 0.15) is 11.4 Å². The molecule has 0 aliphatic rings. The van der Waals surface area contributed by atoms with E-state index in [4.69, 9.17) is 4.74 Å². The maximum atomic E-state index is 12.4. The van der Waals surface area contributed by atoms with Crippen LogP contribution >= 0.6 is 0 Å². The largest absolute Gasteiger partial charge is 0.494 e. The van der Waals surface area contributed by atoms with E-state index in [1.54, 1.807) is 6.07 Å². The Kier molecular flexibility index (Phi) is 7.90. The number of hydrogen-bond donors (Lipinski definition) is 1. The number of urea groups is 1. The number of carbonyl (C=O) groups is 2. The molecule has 1 N–H and O–H groups in total. The maximum absolute atomic E-state index is 12.4. The highest BCUT2D eigenvalue weighted by molar-refractivity contribution is 7.61. The zero-order valence-corrected chi connectivity index (χ0v) is 14.7. The molecule has 132 valence electrons. The zero-order valence-electron chi connectivity index (χ0n) is 13.9. The van der Waals surface area contributed by atoms with Crippen LogP contribution in [0.5, 0.6) is 5.75 Å². The van der Waals surface area contributed by atoms with Crippen LogP contribution in [0.25, 0.3) is 0 Å². The van der Waals surface area contributed by atoms with Crippen molar-refractivity contribution < 1.29 is 22.7 Å². The van der Waals surface area contributed by atoms with Crippen LogP contribution in [0.15, 0.2) is 22.6 Å². The summed E-state index contributed by atoms with van der Waals surface area (Å²) in [4.78, 5) is 25.4. The summed E-state index contributed by atoms with van der Waals surface area (Å²) in [6, 6.07) is 4.15. The van der Waals surface area contributed by atoms with Gasteiger partial charge in [0.25, 0.3) is 0 Å². The molecule has 0 aliphatic carbocycles. The van der Waals surface area contributed by atoms with E-state index in [1.807, 2.05) is 6.92 Å². The minimum atomic E-state index is -2.64. The summed E-state index contributed by atoms with van der Waals surface area (Å²) < 4.78 is 30.0. The van der Waals surface area contributed by atoms with Crippen molar-refractivity contribution in [2.24, 2.45) is 4.36 Å². The standard InChI is InChI=1S/C15H21N3O5S/c1-4-5-8-18(15(20)16-2)14(19)10-11-6-7-13(23-3)12(9-11)17-24(21)22/h6-7,9H,4-5,8,10H2,1-3H3,(H,16,20). The predicted molar refractivity (Wildman–Crippen MR) is 88.8 cm³/mol. The van der Waals surface area contributed by atoms with Gasteiger partial charge >= 0.3 is 16.5 Å². The molecule has 9 heteroatoms. The number of ether oxygens (including phenoxy) is 1. The summed E-state index contributed by atoms with van der Waals surface area (Å²) in [7, 11) is 0.219. The first-order valence-electron chi connectivity index (χ1n) is 7.43. The number of methoxy groups -OCH3 is 1. The zero-order chi connectivity index (χ0) is 18.1. The minimum absolute atomic E-state index is 0.0465. The van der Waals surface area contributed by atoms with Gasteiger partial charge in [0.05, 0.1) is 13.5 Å². The summed E-state index contributed by atoms with van der Waals surface area (Å²) in [6.45, 7) is 2.29. The fourth-order valence-electron chi connectivity index (χ4n) is 2.06. The molecule has 0 atom stereocenters. The molecular weight excluding hydrogens is 334 g/mol. The second-order valence-electron chi connectivity index (χ2n) is 4.95. The lowest BCUT2D eigenvalue weighted by atomic mass is 10.1.